The Balaban J connectivity index is 1.84. The zero-order chi connectivity index (χ0) is 12.1. The SMILES string of the molecule is N#Cc1ccc(CNCc2ccc(Br)o2)cc1. The van der Waals surface area contributed by atoms with Crippen LogP contribution in [0.3, 0.4) is 0 Å². The van der Waals surface area contributed by atoms with Gasteiger partial charge in [0.25, 0.3) is 0 Å². The Morgan fingerprint density at radius 3 is 2.47 bits per heavy atom. The first kappa shape index (κ1) is 11.9. The summed E-state index contributed by atoms with van der Waals surface area (Å²) in [4.78, 5) is 0. The van der Waals surface area contributed by atoms with Crippen LogP contribution in [0.25, 0.3) is 0 Å². The molecular weight excluding hydrogens is 280 g/mol. The first-order valence-corrected chi connectivity index (χ1v) is 6.01. The van der Waals surface area contributed by atoms with Crippen LogP contribution < -0.4 is 5.32 Å². The average Bonchev–Trinajstić information content (AvgIpc) is 2.76. The van der Waals surface area contributed by atoms with Crippen LogP contribution in [0.5, 0.6) is 0 Å². The van der Waals surface area contributed by atoms with Gasteiger partial charge in [-0.25, -0.2) is 0 Å². The number of hydrogen-bond acceptors (Lipinski definition) is 3. The number of nitrogens with one attached hydrogen (secondary N) is 1. The fraction of sp³-hybridized carbons (Fsp3) is 0.154. The van der Waals surface area contributed by atoms with Crippen molar-refractivity contribution in [1.82, 2.24) is 5.32 Å². The smallest absolute Gasteiger partial charge is 0.169 e. The van der Waals surface area contributed by atoms with E-state index in [1.807, 2.05) is 36.4 Å². The van der Waals surface area contributed by atoms with Gasteiger partial charge in [-0.05, 0) is 45.8 Å². The Morgan fingerprint density at radius 1 is 1.12 bits per heavy atom. The highest BCUT2D eigenvalue weighted by molar-refractivity contribution is 9.10. The van der Waals surface area contributed by atoms with Gasteiger partial charge in [0.05, 0.1) is 18.2 Å². The molecule has 0 saturated heterocycles. The van der Waals surface area contributed by atoms with Crippen molar-refractivity contribution >= 4 is 15.9 Å². The minimum absolute atomic E-state index is 0.684. The molecule has 0 bridgehead atoms. The van der Waals surface area contributed by atoms with Crippen molar-refractivity contribution < 1.29 is 4.42 Å². The van der Waals surface area contributed by atoms with Crippen LogP contribution in [0.1, 0.15) is 16.9 Å². The van der Waals surface area contributed by atoms with Crippen LogP contribution in [-0.4, -0.2) is 0 Å². The Morgan fingerprint density at radius 2 is 1.88 bits per heavy atom. The maximum Gasteiger partial charge on any atom is 0.169 e. The number of rotatable bonds is 4. The van der Waals surface area contributed by atoms with Crippen molar-refractivity contribution in [3.8, 4) is 6.07 Å². The number of furan rings is 1. The molecule has 0 unspecified atom stereocenters. The molecule has 2 rings (SSSR count). The average molecular weight is 291 g/mol. The van der Waals surface area contributed by atoms with Gasteiger partial charge < -0.3 is 9.73 Å². The first-order valence-electron chi connectivity index (χ1n) is 5.22. The summed E-state index contributed by atoms with van der Waals surface area (Å²) in [5.74, 6) is 0.894. The minimum Gasteiger partial charge on any atom is -0.453 e. The van der Waals surface area contributed by atoms with Crippen molar-refractivity contribution in [2.24, 2.45) is 0 Å². The van der Waals surface area contributed by atoms with E-state index >= 15 is 0 Å². The van der Waals surface area contributed by atoms with E-state index in [1.54, 1.807) is 0 Å². The molecule has 0 radical (unpaired) electrons. The van der Waals surface area contributed by atoms with Gasteiger partial charge in [0.15, 0.2) is 4.67 Å². The molecule has 1 aromatic carbocycles. The standard InChI is InChI=1S/C13H11BrN2O/c14-13-6-5-12(17-13)9-16-8-11-3-1-10(7-15)2-4-11/h1-6,16H,8-9H2. The second kappa shape index (κ2) is 5.67. The summed E-state index contributed by atoms with van der Waals surface area (Å²) in [6.45, 7) is 1.44. The molecule has 0 fully saturated rings. The van der Waals surface area contributed by atoms with E-state index < -0.39 is 0 Å². The molecule has 0 spiro atoms. The third-order valence-electron chi connectivity index (χ3n) is 2.34. The molecule has 86 valence electrons. The Hall–Kier alpha value is -1.57. The molecule has 0 aliphatic rings. The van der Waals surface area contributed by atoms with Gasteiger partial charge in [-0.15, -0.1) is 0 Å². The van der Waals surface area contributed by atoms with Gasteiger partial charge in [0, 0.05) is 6.54 Å². The number of benzene rings is 1. The van der Waals surface area contributed by atoms with Crippen LogP contribution in [0.4, 0.5) is 0 Å². The van der Waals surface area contributed by atoms with Gasteiger partial charge in [-0.2, -0.15) is 5.26 Å². The van der Waals surface area contributed by atoms with Crippen molar-refractivity contribution in [1.29, 1.82) is 5.26 Å². The van der Waals surface area contributed by atoms with Crippen molar-refractivity contribution in [3.63, 3.8) is 0 Å². The summed E-state index contributed by atoms with van der Waals surface area (Å²) in [6, 6.07) is 13.4. The predicted octanol–water partition coefficient (Wildman–Crippen LogP) is 3.20. The molecular formula is C13H11BrN2O. The largest absolute Gasteiger partial charge is 0.453 e. The quantitative estimate of drug-likeness (QED) is 0.941. The van der Waals surface area contributed by atoms with E-state index in [0.29, 0.717) is 12.1 Å². The molecule has 3 nitrogen and oxygen atoms in total. The van der Waals surface area contributed by atoms with E-state index in [-0.39, 0.29) is 0 Å². The van der Waals surface area contributed by atoms with Crippen molar-refractivity contribution in [2.75, 3.05) is 0 Å². The number of nitrogens with zero attached hydrogens (tertiary/aromatic N) is 1. The number of halogens is 1. The van der Waals surface area contributed by atoms with Crippen molar-refractivity contribution in [3.05, 3.63) is 58.0 Å². The van der Waals surface area contributed by atoms with Gasteiger partial charge in [0.1, 0.15) is 5.76 Å². The molecule has 0 aliphatic heterocycles. The Labute approximate surface area is 108 Å². The van der Waals surface area contributed by atoms with E-state index in [4.69, 9.17) is 9.68 Å². The molecule has 17 heavy (non-hydrogen) atoms. The van der Waals surface area contributed by atoms with E-state index in [0.717, 1.165) is 22.5 Å². The van der Waals surface area contributed by atoms with Crippen molar-refractivity contribution in [2.45, 2.75) is 13.1 Å². The highest BCUT2D eigenvalue weighted by Crippen LogP contribution is 2.13. The molecule has 1 N–H and O–H groups in total. The molecule has 1 heterocycles. The normalized spacial score (nSPS) is 10.1. The van der Waals surface area contributed by atoms with Gasteiger partial charge in [0.2, 0.25) is 0 Å². The second-order valence-electron chi connectivity index (χ2n) is 3.62. The highest BCUT2D eigenvalue weighted by atomic mass is 79.9. The fourth-order valence-corrected chi connectivity index (χ4v) is 1.81. The Bertz CT molecular complexity index is 525. The topological polar surface area (TPSA) is 49.0 Å². The lowest BCUT2D eigenvalue weighted by Crippen LogP contribution is -2.11. The summed E-state index contributed by atoms with van der Waals surface area (Å²) >= 11 is 3.26. The summed E-state index contributed by atoms with van der Waals surface area (Å²) in [6.07, 6.45) is 0. The van der Waals surface area contributed by atoms with Crippen LogP contribution in [0.2, 0.25) is 0 Å². The van der Waals surface area contributed by atoms with Gasteiger partial charge >= 0.3 is 0 Å². The molecule has 4 heteroatoms. The molecule has 0 atom stereocenters. The minimum atomic E-state index is 0.684. The predicted molar refractivity (Wildman–Crippen MR) is 68.1 cm³/mol. The van der Waals surface area contributed by atoms with E-state index in [1.165, 1.54) is 0 Å². The number of hydrogen-bond donors (Lipinski definition) is 1. The zero-order valence-corrected chi connectivity index (χ0v) is 10.7. The monoisotopic (exact) mass is 290 g/mol. The summed E-state index contributed by atoms with van der Waals surface area (Å²) in [5.41, 5.74) is 1.83. The lowest BCUT2D eigenvalue weighted by atomic mass is 10.1. The lowest BCUT2D eigenvalue weighted by Gasteiger charge is -2.02. The van der Waals surface area contributed by atoms with Gasteiger partial charge in [-0.3, -0.25) is 0 Å². The molecule has 2 aromatic rings. The maximum absolute atomic E-state index is 8.67. The third-order valence-corrected chi connectivity index (χ3v) is 2.77. The molecule has 0 amide bonds. The van der Waals surface area contributed by atoms with Crippen LogP contribution in [0, 0.1) is 11.3 Å². The summed E-state index contributed by atoms with van der Waals surface area (Å²) in [5, 5.41) is 11.9. The summed E-state index contributed by atoms with van der Waals surface area (Å²) < 4.78 is 6.11. The fourth-order valence-electron chi connectivity index (χ4n) is 1.47. The van der Waals surface area contributed by atoms with Crippen LogP contribution in [0.15, 0.2) is 45.5 Å². The molecule has 0 saturated carbocycles. The van der Waals surface area contributed by atoms with E-state index in [2.05, 4.69) is 27.3 Å². The Kier molecular flexibility index (Phi) is 3.97. The van der Waals surface area contributed by atoms with Crippen LogP contribution in [-0.2, 0) is 13.1 Å². The highest BCUT2D eigenvalue weighted by Gasteiger charge is 1.99. The van der Waals surface area contributed by atoms with E-state index in [9.17, 15) is 0 Å². The number of nitriles is 1. The second-order valence-corrected chi connectivity index (χ2v) is 4.40. The first-order chi connectivity index (χ1) is 8.28. The molecule has 0 aliphatic carbocycles. The third kappa shape index (κ3) is 3.45. The zero-order valence-electron chi connectivity index (χ0n) is 9.11. The van der Waals surface area contributed by atoms with Gasteiger partial charge in [-0.1, -0.05) is 12.1 Å². The maximum atomic E-state index is 8.67. The van der Waals surface area contributed by atoms with Crippen LogP contribution >= 0.6 is 15.9 Å². The summed E-state index contributed by atoms with van der Waals surface area (Å²) in [7, 11) is 0. The molecule has 1 aromatic heterocycles. The lowest BCUT2D eigenvalue weighted by molar-refractivity contribution is 0.465.